The fourth-order valence-electron chi connectivity index (χ4n) is 1.41. The summed E-state index contributed by atoms with van der Waals surface area (Å²) in [6, 6.07) is 14.3. The van der Waals surface area contributed by atoms with Crippen molar-refractivity contribution < 1.29 is 9.13 Å². The number of hydrogen-bond acceptors (Lipinski definition) is 1. The molecule has 0 aliphatic rings. The molecule has 0 aliphatic heterocycles. The van der Waals surface area contributed by atoms with E-state index in [1.54, 1.807) is 12.1 Å². The second kappa shape index (κ2) is 5.18. The van der Waals surface area contributed by atoms with Gasteiger partial charge in [0.1, 0.15) is 0 Å². The fraction of sp³-hybridized carbons (Fsp3) is 0.0667. The molecule has 17 heavy (non-hydrogen) atoms. The summed E-state index contributed by atoms with van der Waals surface area (Å²) in [5.41, 5.74) is 1.54. The quantitative estimate of drug-likeness (QED) is 0.678. The highest BCUT2D eigenvalue weighted by atomic mass is 19.1. The Morgan fingerprint density at radius 3 is 2.29 bits per heavy atom. The molecule has 2 heteroatoms. The normalized spacial score (nSPS) is 9.29. The van der Waals surface area contributed by atoms with Crippen LogP contribution in [-0.2, 0) is 0 Å². The molecule has 2 rings (SSSR count). The van der Waals surface area contributed by atoms with E-state index in [4.69, 9.17) is 4.74 Å². The number of rotatable bonds is 1. The standard InChI is InChI=1S/C15H11FO/c1-17-15-10-9-13(11-14(15)16)8-7-12-5-3-2-4-6-12/h2-6,9-11H,1H3. The summed E-state index contributed by atoms with van der Waals surface area (Å²) in [6.45, 7) is 0. The van der Waals surface area contributed by atoms with Gasteiger partial charge in [0.2, 0.25) is 0 Å². The maximum absolute atomic E-state index is 13.4. The molecule has 2 aromatic rings. The van der Waals surface area contributed by atoms with Crippen LogP contribution in [0.4, 0.5) is 4.39 Å². The van der Waals surface area contributed by atoms with Crippen LogP contribution in [0, 0.1) is 17.7 Å². The number of methoxy groups -OCH3 is 1. The summed E-state index contributed by atoms with van der Waals surface area (Å²) in [5.74, 6) is 5.71. The average Bonchev–Trinajstić information content (AvgIpc) is 2.38. The molecule has 84 valence electrons. The number of halogens is 1. The van der Waals surface area contributed by atoms with Crippen molar-refractivity contribution in [2.24, 2.45) is 0 Å². The van der Waals surface area contributed by atoms with Crippen LogP contribution in [0.5, 0.6) is 5.75 Å². The third kappa shape index (κ3) is 2.85. The van der Waals surface area contributed by atoms with Gasteiger partial charge in [-0.25, -0.2) is 4.39 Å². The highest BCUT2D eigenvalue weighted by molar-refractivity contribution is 5.44. The van der Waals surface area contributed by atoms with Crippen LogP contribution in [0.2, 0.25) is 0 Å². The van der Waals surface area contributed by atoms with Crippen LogP contribution < -0.4 is 4.74 Å². The van der Waals surface area contributed by atoms with Crippen LogP contribution >= 0.6 is 0 Å². The van der Waals surface area contributed by atoms with Gasteiger partial charge in [-0.15, -0.1) is 0 Å². The second-order valence-electron chi connectivity index (χ2n) is 3.47. The van der Waals surface area contributed by atoms with Crippen molar-refractivity contribution in [2.45, 2.75) is 0 Å². The second-order valence-corrected chi connectivity index (χ2v) is 3.47. The Morgan fingerprint density at radius 1 is 0.941 bits per heavy atom. The van der Waals surface area contributed by atoms with Gasteiger partial charge >= 0.3 is 0 Å². The lowest BCUT2D eigenvalue weighted by molar-refractivity contribution is 0.386. The molecule has 0 amide bonds. The molecule has 0 N–H and O–H groups in total. The van der Waals surface area contributed by atoms with Gasteiger partial charge in [0.15, 0.2) is 11.6 Å². The van der Waals surface area contributed by atoms with Gasteiger partial charge in [0.25, 0.3) is 0 Å². The Hall–Kier alpha value is -2.27. The maximum atomic E-state index is 13.4. The van der Waals surface area contributed by atoms with Gasteiger partial charge in [-0.1, -0.05) is 30.0 Å². The Morgan fingerprint density at radius 2 is 1.65 bits per heavy atom. The molecule has 0 atom stereocenters. The first-order valence-electron chi connectivity index (χ1n) is 5.20. The van der Waals surface area contributed by atoms with E-state index >= 15 is 0 Å². The van der Waals surface area contributed by atoms with Gasteiger partial charge in [-0.2, -0.15) is 0 Å². The van der Waals surface area contributed by atoms with E-state index in [0.29, 0.717) is 5.56 Å². The van der Waals surface area contributed by atoms with Crippen molar-refractivity contribution in [3.8, 4) is 17.6 Å². The minimum absolute atomic E-state index is 0.232. The van der Waals surface area contributed by atoms with E-state index in [1.165, 1.54) is 13.2 Å². The lowest BCUT2D eigenvalue weighted by atomic mass is 10.2. The zero-order valence-electron chi connectivity index (χ0n) is 9.41. The molecule has 0 saturated heterocycles. The van der Waals surface area contributed by atoms with Gasteiger partial charge in [0.05, 0.1) is 7.11 Å². The fourth-order valence-corrected chi connectivity index (χ4v) is 1.41. The van der Waals surface area contributed by atoms with E-state index in [9.17, 15) is 4.39 Å². The lowest BCUT2D eigenvalue weighted by Crippen LogP contribution is -1.88. The van der Waals surface area contributed by atoms with Crippen molar-refractivity contribution in [3.05, 3.63) is 65.5 Å². The highest BCUT2D eigenvalue weighted by Gasteiger charge is 2.01. The first kappa shape index (κ1) is 11.2. The molecule has 1 nitrogen and oxygen atoms in total. The zero-order valence-corrected chi connectivity index (χ0v) is 9.41. The molecule has 0 aliphatic carbocycles. The first-order valence-corrected chi connectivity index (χ1v) is 5.20. The Balaban J connectivity index is 2.26. The van der Waals surface area contributed by atoms with Gasteiger partial charge in [-0.05, 0) is 30.3 Å². The molecule has 0 heterocycles. The van der Waals surface area contributed by atoms with Crippen LogP contribution in [0.1, 0.15) is 11.1 Å². The monoisotopic (exact) mass is 226 g/mol. The van der Waals surface area contributed by atoms with Crippen molar-refractivity contribution in [1.29, 1.82) is 0 Å². The number of hydrogen-bond donors (Lipinski definition) is 0. The summed E-state index contributed by atoms with van der Waals surface area (Å²) in [5, 5.41) is 0. The van der Waals surface area contributed by atoms with Gasteiger partial charge in [-0.3, -0.25) is 0 Å². The summed E-state index contributed by atoms with van der Waals surface area (Å²) in [7, 11) is 1.44. The minimum atomic E-state index is -0.396. The van der Waals surface area contributed by atoms with Gasteiger partial charge < -0.3 is 4.74 Å². The SMILES string of the molecule is COc1ccc(C#Cc2ccccc2)cc1F. The smallest absolute Gasteiger partial charge is 0.166 e. The average molecular weight is 226 g/mol. The topological polar surface area (TPSA) is 9.23 Å². The van der Waals surface area contributed by atoms with Crippen LogP contribution in [0.25, 0.3) is 0 Å². The molecule has 0 spiro atoms. The Labute approximate surface area is 99.9 Å². The predicted molar refractivity (Wildman–Crippen MR) is 65.4 cm³/mol. The summed E-state index contributed by atoms with van der Waals surface area (Å²) < 4.78 is 18.2. The van der Waals surface area contributed by atoms with Crippen LogP contribution in [0.3, 0.4) is 0 Å². The molecule has 0 saturated carbocycles. The molecule has 0 unspecified atom stereocenters. The van der Waals surface area contributed by atoms with E-state index in [0.717, 1.165) is 5.56 Å². The first-order chi connectivity index (χ1) is 8.29. The van der Waals surface area contributed by atoms with Crippen molar-refractivity contribution in [2.75, 3.05) is 7.11 Å². The maximum Gasteiger partial charge on any atom is 0.166 e. The highest BCUT2D eigenvalue weighted by Crippen LogP contribution is 2.17. The van der Waals surface area contributed by atoms with E-state index in [1.807, 2.05) is 30.3 Å². The summed E-state index contributed by atoms with van der Waals surface area (Å²) >= 11 is 0. The Bertz CT molecular complexity index is 564. The van der Waals surface area contributed by atoms with Crippen molar-refractivity contribution >= 4 is 0 Å². The van der Waals surface area contributed by atoms with Crippen molar-refractivity contribution in [1.82, 2.24) is 0 Å². The molecular weight excluding hydrogens is 215 g/mol. The van der Waals surface area contributed by atoms with E-state index in [-0.39, 0.29) is 5.75 Å². The van der Waals surface area contributed by atoms with Crippen LogP contribution in [0.15, 0.2) is 48.5 Å². The summed E-state index contributed by atoms with van der Waals surface area (Å²) in [6.07, 6.45) is 0. The number of benzene rings is 2. The molecule has 2 aromatic carbocycles. The van der Waals surface area contributed by atoms with E-state index in [2.05, 4.69) is 11.8 Å². The predicted octanol–water partition coefficient (Wildman–Crippen LogP) is 3.23. The Kier molecular flexibility index (Phi) is 3.42. The third-order valence-electron chi connectivity index (χ3n) is 2.28. The molecule has 0 radical (unpaired) electrons. The molecule has 0 aromatic heterocycles. The van der Waals surface area contributed by atoms with Gasteiger partial charge in [0, 0.05) is 11.1 Å². The molecule has 0 fully saturated rings. The molecule has 0 bridgehead atoms. The van der Waals surface area contributed by atoms with Crippen molar-refractivity contribution in [3.63, 3.8) is 0 Å². The zero-order chi connectivity index (χ0) is 12.1. The van der Waals surface area contributed by atoms with E-state index < -0.39 is 5.82 Å². The largest absolute Gasteiger partial charge is 0.494 e. The minimum Gasteiger partial charge on any atom is -0.494 e. The molecular formula is C15H11FO. The lowest BCUT2D eigenvalue weighted by Gasteiger charge is -2.00. The van der Waals surface area contributed by atoms with Crippen LogP contribution in [-0.4, -0.2) is 7.11 Å². The number of ether oxygens (including phenoxy) is 1. The summed E-state index contributed by atoms with van der Waals surface area (Å²) in [4.78, 5) is 0. The third-order valence-corrected chi connectivity index (χ3v) is 2.28.